The fourth-order valence-corrected chi connectivity index (χ4v) is 2.13. The molecule has 2 aromatic carbocycles. The Morgan fingerprint density at radius 3 is 2.58 bits per heavy atom. The molecule has 0 amide bonds. The van der Waals surface area contributed by atoms with E-state index in [-0.39, 0.29) is 5.82 Å². The van der Waals surface area contributed by atoms with E-state index >= 15 is 0 Å². The lowest BCUT2D eigenvalue weighted by atomic mass is 10.0. The topological polar surface area (TPSA) is 12.0 Å². The monoisotopic (exact) mass is 277 g/mol. The molecule has 0 aliphatic heterocycles. The van der Waals surface area contributed by atoms with Crippen LogP contribution in [0.1, 0.15) is 18.9 Å². The molecule has 2 aromatic rings. The van der Waals surface area contributed by atoms with Gasteiger partial charge in [-0.3, -0.25) is 0 Å². The highest BCUT2D eigenvalue weighted by Crippen LogP contribution is 2.24. The molecule has 0 heterocycles. The van der Waals surface area contributed by atoms with E-state index < -0.39 is 0 Å². The van der Waals surface area contributed by atoms with E-state index in [1.807, 2.05) is 36.4 Å². The van der Waals surface area contributed by atoms with Gasteiger partial charge in [-0.2, -0.15) is 0 Å². The molecule has 19 heavy (non-hydrogen) atoms. The van der Waals surface area contributed by atoms with E-state index in [0.717, 1.165) is 24.1 Å². The summed E-state index contributed by atoms with van der Waals surface area (Å²) in [5, 5.41) is 3.86. The van der Waals surface area contributed by atoms with Crippen molar-refractivity contribution in [2.24, 2.45) is 0 Å². The Morgan fingerprint density at radius 1 is 1.11 bits per heavy atom. The van der Waals surface area contributed by atoms with Gasteiger partial charge < -0.3 is 5.32 Å². The lowest BCUT2D eigenvalue weighted by molar-refractivity contribution is 0.587. The fourth-order valence-electron chi connectivity index (χ4n) is 1.94. The van der Waals surface area contributed by atoms with Gasteiger partial charge in [-0.05, 0) is 42.3 Å². The van der Waals surface area contributed by atoms with Crippen molar-refractivity contribution >= 4 is 11.6 Å². The molecule has 100 valence electrons. The first-order valence-electron chi connectivity index (χ1n) is 6.46. The average molecular weight is 278 g/mol. The molecule has 0 radical (unpaired) electrons. The predicted molar refractivity (Wildman–Crippen MR) is 78.8 cm³/mol. The number of hydrogen-bond acceptors (Lipinski definition) is 1. The summed E-state index contributed by atoms with van der Waals surface area (Å²) < 4.78 is 14.0. The van der Waals surface area contributed by atoms with Crippen LogP contribution in [0.25, 0.3) is 11.1 Å². The molecular formula is C16H17ClFN. The number of rotatable bonds is 5. The second kappa shape index (κ2) is 6.69. The molecule has 2 rings (SSSR count). The summed E-state index contributed by atoms with van der Waals surface area (Å²) in [6, 6.07) is 12.8. The highest BCUT2D eigenvalue weighted by Gasteiger charge is 2.05. The van der Waals surface area contributed by atoms with Crippen LogP contribution in [0.2, 0.25) is 5.02 Å². The van der Waals surface area contributed by atoms with Crippen molar-refractivity contribution in [3.8, 4) is 11.1 Å². The van der Waals surface area contributed by atoms with Crippen molar-refractivity contribution in [3.05, 3.63) is 58.9 Å². The molecule has 1 nitrogen and oxygen atoms in total. The number of nitrogens with one attached hydrogen (secondary N) is 1. The lowest BCUT2D eigenvalue weighted by Crippen LogP contribution is -2.14. The first kappa shape index (κ1) is 14.0. The molecule has 0 aromatic heterocycles. The van der Waals surface area contributed by atoms with Gasteiger partial charge >= 0.3 is 0 Å². The van der Waals surface area contributed by atoms with E-state index in [0.29, 0.717) is 17.1 Å². The summed E-state index contributed by atoms with van der Waals surface area (Å²) in [7, 11) is 0. The molecule has 0 atom stereocenters. The van der Waals surface area contributed by atoms with Crippen molar-refractivity contribution in [2.45, 2.75) is 19.9 Å². The SMILES string of the molecule is CCCNCc1ccc(-c2cccc(Cl)c2)cc1F. The van der Waals surface area contributed by atoms with Crippen LogP contribution in [0.4, 0.5) is 4.39 Å². The van der Waals surface area contributed by atoms with E-state index in [1.54, 1.807) is 6.07 Å². The zero-order chi connectivity index (χ0) is 13.7. The zero-order valence-electron chi connectivity index (χ0n) is 10.9. The first-order chi connectivity index (χ1) is 9.20. The molecule has 0 saturated carbocycles. The van der Waals surface area contributed by atoms with Crippen LogP contribution in [-0.2, 0) is 6.54 Å². The minimum Gasteiger partial charge on any atom is -0.313 e. The summed E-state index contributed by atoms with van der Waals surface area (Å²) in [5.41, 5.74) is 2.47. The Morgan fingerprint density at radius 2 is 1.89 bits per heavy atom. The standard InChI is InChI=1S/C16H17ClFN/c1-2-8-19-11-14-7-6-13(10-16(14)18)12-4-3-5-15(17)9-12/h3-7,9-10,19H,2,8,11H2,1H3. The lowest BCUT2D eigenvalue weighted by Gasteiger charge is -2.08. The van der Waals surface area contributed by atoms with Gasteiger partial charge in [0.1, 0.15) is 5.82 Å². The summed E-state index contributed by atoms with van der Waals surface area (Å²) in [4.78, 5) is 0. The molecular weight excluding hydrogens is 261 g/mol. The molecule has 0 aliphatic rings. The average Bonchev–Trinajstić information content (AvgIpc) is 2.41. The Bertz CT molecular complexity index is 554. The smallest absolute Gasteiger partial charge is 0.128 e. The molecule has 0 saturated heterocycles. The third-order valence-electron chi connectivity index (χ3n) is 2.95. The zero-order valence-corrected chi connectivity index (χ0v) is 11.7. The van der Waals surface area contributed by atoms with Gasteiger partial charge in [-0.1, -0.05) is 42.8 Å². The van der Waals surface area contributed by atoms with Crippen LogP contribution in [0.5, 0.6) is 0 Å². The summed E-state index contributed by atoms with van der Waals surface area (Å²) >= 11 is 5.95. The Kier molecular flexibility index (Phi) is 4.94. The van der Waals surface area contributed by atoms with E-state index in [2.05, 4.69) is 12.2 Å². The van der Waals surface area contributed by atoms with Gasteiger partial charge in [0, 0.05) is 17.1 Å². The minimum absolute atomic E-state index is 0.180. The second-order valence-corrected chi connectivity index (χ2v) is 4.93. The number of hydrogen-bond donors (Lipinski definition) is 1. The second-order valence-electron chi connectivity index (χ2n) is 4.49. The van der Waals surface area contributed by atoms with Gasteiger partial charge in [0.05, 0.1) is 0 Å². The van der Waals surface area contributed by atoms with Gasteiger partial charge in [0.15, 0.2) is 0 Å². The van der Waals surface area contributed by atoms with E-state index in [1.165, 1.54) is 0 Å². The maximum atomic E-state index is 14.0. The van der Waals surface area contributed by atoms with Crippen molar-refractivity contribution in [2.75, 3.05) is 6.54 Å². The Labute approximate surface area is 118 Å². The highest BCUT2D eigenvalue weighted by molar-refractivity contribution is 6.30. The van der Waals surface area contributed by atoms with Crippen LogP contribution < -0.4 is 5.32 Å². The van der Waals surface area contributed by atoms with E-state index in [9.17, 15) is 4.39 Å². The predicted octanol–water partition coefficient (Wildman–Crippen LogP) is 4.65. The van der Waals surface area contributed by atoms with Gasteiger partial charge in [-0.25, -0.2) is 4.39 Å². The summed E-state index contributed by atoms with van der Waals surface area (Å²) in [6.45, 7) is 3.55. The summed E-state index contributed by atoms with van der Waals surface area (Å²) in [5.74, 6) is -0.180. The molecule has 0 aliphatic carbocycles. The Balaban J connectivity index is 2.19. The van der Waals surface area contributed by atoms with Gasteiger partial charge in [-0.15, -0.1) is 0 Å². The van der Waals surface area contributed by atoms with Crippen LogP contribution in [-0.4, -0.2) is 6.54 Å². The van der Waals surface area contributed by atoms with Crippen LogP contribution >= 0.6 is 11.6 Å². The maximum absolute atomic E-state index is 14.0. The third kappa shape index (κ3) is 3.79. The highest BCUT2D eigenvalue weighted by atomic mass is 35.5. The minimum atomic E-state index is -0.180. The van der Waals surface area contributed by atoms with Crippen molar-refractivity contribution in [1.82, 2.24) is 5.32 Å². The third-order valence-corrected chi connectivity index (χ3v) is 3.19. The van der Waals surface area contributed by atoms with Crippen LogP contribution in [0, 0.1) is 5.82 Å². The fraction of sp³-hybridized carbons (Fsp3) is 0.250. The van der Waals surface area contributed by atoms with Crippen molar-refractivity contribution < 1.29 is 4.39 Å². The maximum Gasteiger partial charge on any atom is 0.128 e. The van der Waals surface area contributed by atoms with Crippen LogP contribution in [0.15, 0.2) is 42.5 Å². The molecule has 0 unspecified atom stereocenters. The normalized spacial score (nSPS) is 10.7. The molecule has 0 spiro atoms. The molecule has 1 N–H and O–H groups in total. The number of halogens is 2. The largest absolute Gasteiger partial charge is 0.313 e. The first-order valence-corrected chi connectivity index (χ1v) is 6.83. The van der Waals surface area contributed by atoms with Gasteiger partial charge in [0.25, 0.3) is 0 Å². The molecule has 0 fully saturated rings. The van der Waals surface area contributed by atoms with Crippen LogP contribution in [0.3, 0.4) is 0 Å². The Hall–Kier alpha value is -1.38. The molecule has 3 heteroatoms. The molecule has 0 bridgehead atoms. The summed E-state index contributed by atoms with van der Waals surface area (Å²) in [6.07, 6.45) is 1.04. The van der Waals surface area contributed by atoms with Crippen molar-refractivity contribution in [3.63, 3.8) is 0 Å². The van der Waals surface area contributed by atoms with Gasteiger partial charge in [0.2, 0.25) is 0 Å². The van der Waals surface area contributed by atoms with Crippen molar-refractivity contribution in [1.29, 1.82) is 0 Å². The van der Waals surface area contributed by atoms with E-state index in [4.69, 9.17) is 11.6 Å². The quantitative estimate of drug-likeness (QED) is 0.785. The number of benzene rings is 2.